The van der Waals surface area contributed by atoms with Crippen molar-refractivity contribution in [3.05, 3.63) is 45.2 Å². The predicted octanol–water partition coefficient (Wildman–Crippen LogP) is 3.29. The van der Waals surface area contributed by atoms with E-state index in [1.807, 2.05) is 12.1 Å². The van der Waals surface area contributed by atoms with Crippen LogP contribution in [0.1, 0.15) is 6.92 Å². The van der Waals surface area contributed by atoms with Crippen LogP contribution in [0, 0.1) is 10.1 Å². The lowest BCUT2D eigenvalue weighted by Crippen LogP contribution is -2.05. The summed E-state index contributed by atoms with van der Waals surface area (Å²) in [6, 6.07) is 7.18. The topological polar surface area (TPSA) is 90.2 Å². The molecule has 1 N–H and O–H groups in total. The Hall–Kier alpha value is -2.22. The molecule has 1 aromatic heterocycles. The van der Waals surface area contributed by atoms with Gasteiger partial charge in [-0.15, -0.1) is 0 Å². The van der Waals surface area contributed by atoms with Crippen LogP contribution in [0.3, 0.4) is 0 Å². The van der Waals surface area contributed by atoms with Crippen molar-refractivity contribution in [2.24, 2.45) is 0 Å². The molecular formula is C12H11BrN4O3. The Balaban J connectivity index is 2.37. The van der Waals surface area contributed by atoms with Crippen LogP contribution in [-0.4, -0.2) is 21.5 Å². The zero-order valence-electron chi connectivity index (χ0n) is 10.5. The molecule has 2 rings (SSSR count). The van der Waals surface area contributed by atoms with Crippen LogP contribution >= 0.6 is 15.9 Å². The number of hydrogen-bond donors (Lipinski definition) is 1. The molecule has 0 aliphatic carbocycles. The molecule has 0 atom stereocenters. The van der Waals surface area contributed by atoms with Crippen molar-refractivity contribution >= 4 is 33.1 Å². The Morgan fingerprint density at radius 1 is 1.35 bits per heavy atom. The van der Waals surface area contributed by atoms with E-state index < -0.39 is 4.92 Å². The van der Waals surface area contributed by atoms with Crippen LogP contribution in [-0.2, 0) is 0 Å². The van der Waals surface area contributed by atoms with E-state index in [1.54, 1.807) is 19.1 Å². The van der Waals surface area contributed by atoms with Gasteiger partial charge >= 0.3 is 5.69 Å². The monoisotopic (exact) mass is 338 g/mol. The molecule has 1 heterocycles. The molecule has 1 aromatic carbocycles. The predicted molar refractivity (Wildman–Crippen MR) is 77.3 cm³/mol. The third-order valence-electron chi connectivity index (χ3n) is 2.36. The van der Waals surface area contributed by atoms with Crippen molar-refractivity contribution in [2.45, 2.75) is 6.92 Å². The van der Waals surface area contributed by atoms with Crippen LogP contribution in [0.5, 0.6) is 5.88 Å². The van der Waals surface area contributed by atoms with Crippen molar-refractivity contribution in [3.63, 3.8) is 0 Å². The fourth-order valence-corrected chi connectivity index (χ4v) is 1.80. The lowest BCUT2D eigenvalue weighted by atomic mass is 10.3. The lowest BCUT2D eigenvalue weighted by Gasteiger charge is -2.08. The second-order valence-electron chi connectivity index (χ2n) is 3.70. The molecule has 8 heteroatoms. The highest BCUT2D eigenvalue weighted by molar-refractivity contribution is 9.10. The van der Waals surface area contributed by atoms with Gasteiger partial charge in [-0.2, -0.15) is 4.98 Å². The second-order valence-corrected chi connectivity index (χ2v) is 4.61. The summed E-state index contributed by atoms with van der Waals surface area (Å²) < 4.78 is 6.07. The summed E-state index contributed by atoms with van der Waals surface area (Å²) in [5, 5.41) is 14.0. The Labute approximate surface area is 123 Å². The first-order valence-corrected chi connectivity index (χ1v) is 6.56. The van der Waals surface area contributed by atoms with Crippen LogP contribution in [0.4, 0.5) is 17.2 Å². The molecule has 0 amide bonds. The highest BCUT2D eigenvalue weighted by atomic mass is 79.9. The number of nitrogens with one attached hydrogen (secondary N) is 1. The molecule has 0 fully saturated rings. The zero-order valence-corrected chi connectivity index (χ0v) is 12.1. The highest BCUT2D eigenvalue weighted by Gasteiger charge is 2.24. The minimum Gasteiger partial charge on any atom is -0.473 e. The smallest absolute Gasteiger partial charge is 0.373 e. The van der Waals surface area contributed by atoms with Gasteiger partial charge in [0.25, 0.3) is 5.88 Å². The number of ether oxygens (including phenoxy) is 1. The molecule has 0 aliphatic heterocycles. The number of benzene rings is 1. The molecule has 104 valence electrons. The fraction of sp³-hybridized carbons (Fsp3) is 0.167. The summed E-state index contributed by atoms with van der Waals surface area (Å²) in [6.07, 6.45) is 1.22. The van der Waals surface area contributed by atoms with E-state index in [0.717, 1.165) is 4.47 Å². The van der Waals surface area contributed by atoms with Gasteiger partial charge in [0.2, 0.25) is 5.82 Å². The SMILES string of the molecule is CCOc1ncnc(Nc2ccc(Br)cc2)c1[N+](=O)[O-]. The van der Waals surface area contributed by atoms with Gasteiger partial charge in [0, 0.05) is 10.2 Å². The number of halogens is 1. The van der Waals surface area contributed by atoms with E-state index in [0.29, 0.717) is 5.69 Å². The van der Waals surface area contributed by atoms with Crippen LogP contribution in [0.25, 0.3) is 0 Å². The minimum atomic E-state index is -0.563. The molecule has 20 heavy (non-hydrogen) atoms. The van der Waals surface area contributed by atoms with Crippen molar-refractivity contribution in [1.29, 1.82) is 0 Å². The van der Waals surface area contributed by atoms with E-state index in [-0.39, 0.29) is 24.0 Å². The summed E-state index contributed by atoms with van der Waals surface area (Å²) >= 11 is 3.32. The molecule has 7 nitrogen and oxygen atoms in total. The van der Waals surface area contributed by atoms with Crippen molar-refractivity contribution in [1.82, 2.24) is 9.97 Å². The number of aromatic nitrogens is 2. The average molecular weight is 339 g/mol. The Morgan fingerprint density at radius 2 is 2.05 bits per heavy atom. The molecular weight excluding hydrogens is 328 g/mol. The van der Waals surface area contributed by atoms with Crippen LogP contribution in [0.15, 0.2) is 35.1 Å². The summed E-state index contributed by atoms with van der Waals surface area (Å²) in [4.78, 5) is 18.3. The maximum atomic E-state index is 11.2. The lowest BCUT2D eigenvalue weighted by molar-refractivity contribution is -0.385. The highest BCUT2D eigenvalue weighted by Crippen LogP contribution is 2.32. The normalized spacial score (nSPS) is 10.1. The number of hydrogen-bond acceptors (Lipinski definition) is 6. The van der Waals surface area contributed by atoms with Crippen molar-refractivity contribution < 1.29 is 9.66 Å². The molecule has 0 saturated heterocycles. The van der Waals surface area contributed by atoms with E-state index in [4.69, 9.17) is 4.74 Å². The summed E-state index contributed by atoms with van der Waals surface area (Å²) in [5.74, 6) is 0.0443. The number of nitro groups is 1. The van der Waals surface area contributed by atoms with E-state index >= 15 is 0 Å². The second kappa shape index (κ2) is 6.29. The van der Waals surface area contributed by atoms with E-state index in [1.165, 1.54) is 6.33 Å². The van der Waals surface area contributed by atoms with Gasteiger partial charge in [-0.05, 0) is 31.2 Å². The molecule has 0 radical (unpaired) electrons. The molecule has 0 unspecified atom stereocenters. The van der Waals surface area contributed by atoms with Crippen molar-refractivity contribution in [2.75, 3.05) is 11.9 Å². The average Bonchev–Trinajstić information content (AvgIpc) is 2.41. The quantitative estimate of drug-likeness (QED) is 0.664. The summed E-state index contributed by atoms with van der Waals surface area (Å²) in [5.41, 5.74) is 0.398. The van der Waals surface area contributed by atoms with Gasteiger partial charge in [-0.1, -0.05) is 15.9 Å². The Bertz CT molecular complexity index is 619. The van der Waals surface area contributed by atoms with Gasteiger partial charge in [0.05, 0.1) is 11.5 Å². The van der Waals surface area contributed by atoms with Crippen LogP contribution < -0.4 is 10.1 Å². The maximum Gasteiger partial charge on any atom is 0.373 e. The van der Waals surface area contributed by atoms with E-state index in [2.05, 4.69) is 31.2 Å². The van der Waals surface area contributed by atoms with Gasteiger partial charge in [-0.25, -0.2) is 4.98 Å². The minimum absolute atomic E-state index is 0.0490. The van der Waals surface area contributed by atoms with Gasteiger partial charge in [-0.3, -0.25) is 10.1 Å². The molecule has 2 aromatic rings. The van der Waals surface area contributed by atoms with Gasteiger partial charge in [0.15, 0.2) is 0 Å². The largest absolute Gasteiger partial charge is 0.473 e. The fourth-order valence-electron chi connectivity index (χ4n) is 1.53. The summed E-state index contributed by atoms with van der Waals surface area (Å²) in [6.45, 7) is 2.02. The third-order valence-corrected chi connectivity index (χ3v) is 2.89. The third kappa shape index (κ3) is 3.21. The Morgan fingerprint density at radius 3 is 2.65 bits per heavy atom. The standard InChI is InChI=1S/C12H11BrN4O3/c1-2-20-12-10(17(18)19)11(14-7-15-12)16-9-5-3-8(13)4-6-9/h3-7H,2H2,1H3,(H,14,15,16). The molecule has 0 spiro atoms. The Kier molecular flexibility index (Phi) is 4.46. The van der Waals surface area contributed by atoms with Crippen molar-refractivity contribution in [3.8, 4) is 5.88 Å². The van der Waals surface area contributed by atoms with E-state index in [9.17, 15) is 10.1 Å². The number of rotatable bonds is 5. The van der Waals surface area contributed by atoms with Crippen LogP contribution in [0.2, 0.25) is 0 Å². The molecule has 0 bridgehead atoms. The zero-order chi connectivity index (χ0) is 14.5. The molecule has 0 saturated carbocycles. The first-order valence-electron chi connectivity index (χ1n) is 5.76. The molecule has 0 aliphatic rings. The first kappa shape index (κ1) is 14.2. The first-order chi connectivity index (χ1) is 9.61. The maximum absolute atomic E-state index is 11.2. The number of anilines is 2. The van der Waals surface area contributed by atoms with Gasteiger partial charge in [0.1, 0.15) is 6.33 Å². The van der Waals surface area contributed by atoms with Gasteiger partial charge < -0.3 is 10.1 Å². The summed E-state index contributed by atoms with van der Waals surface area (Å²) in [7, 11) is 0. The number of nitrogens with zero attached hydrogens (tertiary/aromatic N) is 3.